The van der Waals surface area contributed by atoms with E-state index in [-0.39, 0.29) is 5.04 Å². The summed E-state index contributed by atoms with van der Waals surface area (Å²) in [5.41, 5.74) is 1.21. The summed E-state index contributed by atoms with van der Waals surface area (Å²) >= 11 is 9.55. The van der Waals surface area contributed by atoms with E-state index in [9.17, 15) is 0 Å². The molecule has 0 heterocycles. The molecule has 0 fully saturated rings. The molecule has 0 atom stereocenters. The van der Waals surface area contributed by atoms with Crippen molar-refractivity contribution in [1.82, 2.24) is 0 Å². The van der Waals surface area contributed by atoms with Crippen LogP contribution in [-0.2, 0) is 10.8 Å². The maximum atomic E-state index is 6.17. The molecule has 0 amide bonds. The summed E-state index contributed by atoms with van der Waals surface area (Å²) in [4.78, 5) is 0. The summed E-state index contributed by atoms with van der Waals surface area (Å²) in [5.74, 6) is 0. The molecule has 0 saturated heterocycles. The Morgan fingerprint density at radius 1 is 1.28 bits per heavy atom. The van der Waals surface area contributed by atoms with Gasteiger partial charge in [-0.3, -0.25) is 0 Å². The number of halogens is 2. The summed E-state index contributed by atoms with van der Waals surface area (Å²) in [5, 5.41) is 1.04. The van der Waals surface area contributed by atoms with Crippen LogP contribution in [0.2, 0.25) is 23.2 Å². The molecule has 0 aliphatic rings. The lowest BCUT2D eigenvalue weighted by Gasteiger charge is -2.36. The standard InChI is InChI=1S/C14H22BrClOSi/c1-14(2,3)18(4,5)17-9-8-11-10-12(16)6-7-13(11)15/h6-7,10H,8-9H2,1-5H3. The first-order valence-corrected chi connectivity index (χ1v) is 10.3. The van der Waals surface area contributed by atoms with Crippen LogP contribution in [0.1, 0.15) is 26.3 Å². The predicted molar refractivity (Wildman–Crippen MR) is 86.0 cm³/mol. The molecule has 0 unspecified atom stereocenters. The fraction of sp³-hybridized carbons (Fsp3) is 0.571. The molecule has 0 saturated carbocycles. The molecule has 102 valence electrons. The van der Waals surface area contributed by atoms with Gasteiger partial charge in [-0.25, -0.2) is 0 Å². The van der Waals surface area contributed by atoms with Crippen molar-refractivity contribution >= 4 is 35.8 Å². The fourth-order valence-corrected chi connectivity index (χ4v) is 3.05. The van der Waals surface area contributed by atoms with Crippen LogP contribution in [0.25, 0.3) is 0 Å². The Kier molecular flexibility index (Phi) is 5.48. The summed E-state index contributed by atoms with van der Waals surface area (Å²) in [6.07, 6.45) is 0.896. The molecule has 1 aromatic carbocycles. The number of hydrogen-bond acceptors (Lipinski definition) is 1. The average Bonchev–Trinajstić information content (AvgIpc) is 2.21. The molecule has 0 spiro atoms. The summed E-state index contributed by atoms with van der Waals surface area (Å²) in [6.45, 7) is 12.1. The fourth-order valence-electron chi connectivity index (χ4n) is 1.37. The first-order valence-electron chi connectivity index (χ1n) is 6.21. The Morgan fingerprint density at radius 3 is 2.44 bits per heavy atom. The van der Waals surface area contributed by atoms with Gasteiger partial charge in [-0.15, -0.1) is 0 Å². The second kappa shape index (κ2) is 6.08. The predicted octanol–water partition coefficient (Wildman–Crippen LogP) is 5.67. The third-order valence-electron chi connectivity index (χ3n) is 3.65. The second-order valence-corrected chi connectivity index (χ2v) is 12.2. The zero-order valence-electron chi connectivity index (χ0n) is 11.8. The molecule has 1 aromatic rings. The van der Waals surface area contributed by atoms with Crippen molar-refractivity contribution in [2.24, 2.45) is 0 Å². The lowest BCUT2D eigenvalue weighted by atomic mass is 10.2. The van der Waals surface area contributed by atoms with Gasteiger partial charge in [0, 0.05) is 16.1 Å². The van der Waals surface area contributed by atoms with E-state index >= 15 is 0 Å². The second-order valence-electron chi connectivity index (χ2n) is 6.09. The minimum absolute atomic E-state index is 0.262. The van der Waals surface area contributed by atoms with Crippen LogP contribution in [0.15, 0.2) is 22.7 Å². The van der Waals surface area contributed by atoms with E-state index < -0.39 is 8.32 Å². The van der Waals surface area contributed by atoms with Crippen molar-refractivity contribution < 1.29 is 4.43 Å². The smallest absolute Gasteiger partial charge is 0.191 e. The van der Waals surface area contributed by atoms with Crippen LogP contribution >= 0.6 is 27.5 Å². The van der Waals surface area contributed by atoms with Crippen LogP contribution in [0.5, 0.6) is 0 Å². The first kappa shape index (κ1) is 16.2. The number of hydrogen-bond donors (Lipinski definition) is 0. The molecule has 1 nitrogen and oxygen atoms in total. The molecule has 18 heavy (non-hydrogen) atoms. The van der Waals surface area contributed by atoms with Gasteiger partial charge in [0.25, 0.3) is 0 Å². The van der Waals surface area contributed by atoms with E-state index in [0.717, 1.165) is 22.5 Å². The normalized spacial score (nSPS) is 12.8. The average molecular weight is 350 g/mol. The van der Waals surface area contributed by atoms with Gasteiger partial charge < -0.3 is 4.43 Å². The van der Waals surface area contributed by atoms with Gasteiger partial charge in [0.15, 0.2) is 8.32 Å². The summed E-state index contributed by atoms with van der Waals surface area (Å²) in [6, 6.07) is 5.88. The van der Waals surface area contributed by atoms with E-state index in [1.165, 1.54) is 5.56 Å². The maximum Gasteiger partial charge on any atom is 0.191 e. The highest BCUT2D eigenvalue weighted by molar-refractivity contribution is 9.10. The van der Waals surface area contributed by atoms with E-state index in [0.29, 0.717) is 0 Å². The topological polar surface area (TPSA) is 9.23 Å². The minimum Gasteiger partial charge on any atom is -0.416 e. The van der Waals surface area contributed by atoms with E-state index in [1.807, 2.05) is 18.2 Å². The molecule has 0 aliphatic carbocycles. The van der Waals surface area contributed by atoms with Crippen LogP contribution in [0.4, 0.5) is 0 Å². The van der Waals surface area contributed by atoms with Crippen molar-refractivity contribution in [3.8, 4) is 0 Å². The maximum absolute atomic E-state index is 6.17. The molecule has 1 rings (SSSR count). The zero-order chi connectivity index (χ0) is 14.0. The van der Waals surface area contributed by atoms with Crippen molar-refractivity contribution in [3.63, 3.8) is 0 Å². The summed E-state index contributed by atoms with van der Waals surface area (Å²) < 4.78 is 7.27. The van der Waals surface area contributed by atoms with Gasteiger partial charge in [-0.2, -0.15) is 0 Å². The molecule has 0 bridgehead atoms. The van der Waals surface area contributed by atoms with Crippen molar-refractivity contribution in [1.29, 1.82) is 0 Å². The van der Waals surface area contributed by atoms with Crippen LogP contribution in [0, 0.1) is 0 Å². The van der Waals surface area contributed by atoms with Gasteiger partial charge in [0.1, 0.15) is 0 Å². The Morgan fingerprint density at radius 2 is 1.89 bits per heavy atom. The highest BCUT2D eigenvalue weighted by Gasteiger charge is 2.36. The largest absolute Gasteiger partial charge is 0.416 e. The minimum atomic E-state index is -1.64. The Bertz CT molecular complexity index is 413. The van der Waals surface area contributed by atoms with Crippen LogP contribution in [-0.4, -0.2) is 14.9 Å². The van der Waals surface area contributed by atoms with Gasteiger partial charge in [-0.05, 0) is 48.3 Å². The highest BCUT2D eigenvalue weighted by Crippen LogP contribution is 2.36. The van der Waals surface area contributed by atoms with Crippen molar-refractivity contribution in [3.05, 3.63) is 33.3 Å². The van der Waals surface area contributed by atoms with Gasteiger partial charge in [0.2, 0.25) is 0 Å². The molecular formula is C14H22BrClOSi. The molecule has 0 N–H and O–H groups in total. The molecule has 0 aliphatic heterocycles. The first-order chi connectivity index (χ1) is 8.13. The number of rotatable bonds is 4. The molecule has 0 radical (unpaired) electrons. The van der Waals surface area contributed by atoms with E-state index in [2.05, 4.69) is 49.8 Å². The Balaban J connectivity index is 2.59. The number of benzene rings is 1. The van der Waals surface area contributed by atoms with Crippen LogP contribution < -0.4 is 0 Å². The van der Waals surface area contributed by atoms with Crippen LogP contribution in [0.3, 0.4) is 0 Å². The summed E-state index contributed by atoms with van der Waals surface area (Å²) in [7, 11) is -1.64. The monoisotopic (exact) mass is 348 g/mol. The van der Waals surface area contributed by atoms with E-state index in [4.69, 9.17) is 16.0 Å². The zero-order valence-corrected chi connectivity index (χ0v) is 15.2. The lowest BCUT2D eigenvalue weighted by molar-refractivity contribution is 0.292. The molecule has 0 aromatic heterocycles. The lowest BCUT2D eigenvalue weighted by Crippen LogP contribution is -2.41. The third-order valence-corrected chi connectivity index (χ3v) is 9.20. The Labute approximate surface area is 125 Å². The van der Waals surface area contributed by atoms with E-state index in [1.54, 1.807) is 0 Å². The van der Waals surface area contributed by atoms with Gasteiger partial charge >= 0.3 is 0 Å². The van der Waals surface area contributed by atoms with Crippen molar-refractivity contribution in [2.75, 3.05) is 6.61 Å². The molecule has 4 heteroatoms. The molecular weight excluding hydrogens is 328 g/mol. The SMILES string of the molecule is CC(C)(C)[Si](C)(C)OCCc1cc(Cl)ccc1Br. The quantitative estimate of drug-likeness (QED) is 0.637. The van der Waals surface area contributed by atoms with Gasteiger partial charge in [-0.1, -0.05) is 48.3 Å². The highest BCUT2D eigenvalue weighted by atomic mass is 79.9. The third kappa shape index (κ3) is 4.37. The van der Waals surface area contributed by atoms with Gasteiger partial charge in [0.05, 0.1) is 0 Å². The van der Waals surface area contributed by atoms with Crippen molar-refractivity contribution in [2.45, 2.75) is 45.3 Å². The Hall–Kier alpha value is 0.167.